The minimum Gasteiger partial charge on any atom is -0.0985 e. The molecule has 0 saturated carbocycles. The van der Waals surface area contributed by atoms with Crippen LogP contribution in [0.5, 0.6) is 0 Å². The third-order valence-corrected chi connectivity index (χ3v) is 12.5. The van der Waals surface area contributed by atoms with E-state index in [9.17, 15) is 0 Å². The molecule has 0 nitrogen and oxygen atoms in total. The predicted octanol–water partition coefficient (Wildman–Crippen LogP) is 11.9. The van der Waals surface area contributed by atoms with Crippen molar-refractivity contribution < 1.29 is 0 Å². The Morgan fingerprint density at radius 1 is 0.559 bits per heavy atom. The maximum atomic E-state index is 4.15. The molecule has 1 rings (SSSR count). The normalized spacial score (nSPS) is 11.7. The lowest BCUT2D eigenvalue weighted by atomic mass is 10.1. The van der Waals surface area contributed by atoms with Crippen molar-refractivity contribution in [3.05, 3.63) is 42.0 Å². The summed E-state index contributed by atoms with van der Waals surface area (Å²) in [6, 6.07) is 9.15. The molecule has 0 aliphatic carbocycles. The average molecular weight is 488 g/mol. The second kappa shape index (κ2) is 21.7. The van der Waals surface area contributed by atoms with E-state index in [2.05, 4.69) is 57.7 Å². The van der Waals surface area contributed by atoms with Crippen molar-refractivity contribution in [1.82, 2.24) is 0 Å². The molecule has 0 radical (unpaired) electrons. The summed E-state index contributed by atoms with van der Waals surface area (Å²) in [6.45, 7) is 11.1. The van der Waals surface area contributed by atoms with Gasteiger partial charge in [0, 0.05) is 7.26 Å². The van der Waals surface area contributed by atoms with Crippen LogP contribution in [0, 0.1) is 0 Å². The van der Waals surface area contributed by atoms with Crippen LogP contribution in [-0.4, -0.2) is 18.5 Å². The van der Waals surface area contributed by atoms with Crippen molar-refractivity contribution in [2.45, 2.75) is 143 Å². The van der Waals surface area contributed by atoms with Crippen LogP contribution in [0.3, 0.4) is 0 Å². The molecule has 0 amide bonds. The number of rotatable bonds is 24. The Balaban J connectivity index is 2.86. The zero-order valence-corrected chi connectivity index (χ0v) is 24.5. The first-order valence-electron chi connectivity index (χ1n) is 15.3. The molecule has 34 heavy (non-hydrogen) atoms. The van der Waals surface area contributed by atoms with E-state index < -0.39 is 7.26 Å². The van der Waals surface area contributed by atoms with Crippen molar-refractivity contribution >= 4 is 13.3 Å². The quantitative estimate of drug-likeness (QED) is 0.100. The second-order valence-corrected chi connectivity index (χ2v) is 15.2. The number of benzene rings is 1. The SMILES string of the molecule is C=Cc1ccccc1C[P+](CCCCCCCC)(CCCCCCCC)CCCCCCCC. The number of unbranched alkanes of at least 4 members (excludes halogenated alkanes) is 15. The summed E-state index contributed by atoms with van der Waals surface area (Å²) in [6.07, 6.45) is 33.8. The Bertz CT molecular complexity index is 549. The summed E-state index contributed by atoms with van der Waals surface area (Å²) >= 11 is 0. The first kappa shape index (κ1) is 31.4. The largest absolute Gasteiger partial charge is 0.0985 e. The molecule has 0 saturated heterocycles. The van der Waals surface area contributed by atoms with Crippen LogP contribution in [0.15, 0.2) is 30.8 Å². The highest BCUT2D eigenvalue weighted by Gasteiger charge is 2.36. The molecule has 0 N–H and O–H groups in total. The third kappa shape index (κ3) is 14.7. The van der Waals surface area contributed by atoms with Crippen molar-refractivity contribution in [3.63, 3.8) is 0 Å². The van der Waals surface area contributed by atoms with Crippen molar-refractivity contribution in [2.24, 2.45) is 0 Å². The molecule has 1 heteroatoms. The summed E-state index contributed by atoms with van der Waals surface area (Å²) in [7, 11) is -0.973. The maximum absolute atomic E-state index is 4.15. The standard InChI is InChI=1S/C33H60P/c1-5-9-12-15-18-23-28-34(29-24-19-16-13-10-6-2,30-25-20-17-14-11-7-3)31-33-27-22-21-26-32(33)8-4/h8,21-22,26-27H,4-7,9-20,23-25,28-31H2,1-3H3/q+1. The molecule has 0 heterocycles. The fourth-order valence-corrected chi connectivity index (χ4v) is 10.3. The van der Waals surface area contributed by atoms with Gasteiger partial charge in [-0.2, -0.15) is 0 Å². The van der Waals surface area contributed by atoms with Crippen LogP contribution >= 0.6 is 7.26 Å². The van der Waals surface area contributed by atoms with Gasteiger partial charge in [0.25, 0.3) is 0 Å². The van der Waals surface area contributed by atoms with Gasteiger partial charge in [-0.05, 0) is 49.7 Å². The van der Waals surface area contributed by atoms with Gasteiger partial charge in [-0.25, -0.2) is 0 Å². The highest BCUT2D eigenvalue weighted by Crippen LogP contribution is 2.63. The molecule has 0 aliphatic heterocycles. The molecule has 196 valence electrons. The predicted molar refractivity (Wildman–Crippen MR) is 162 cm³/mol. The van der Waals surface area contributed by atoms with E-state index in [1.165, 1.54) is 146 Å². The average Bonchev–Trinajstić information content (AvgIpc) is 2.86. The van der Waals surface area contributed by atoms with Gasteiger partial charge in [-0.3, -0.25) is 0 Å². The lowest BCUT2D eigenvalue weighted by molar-refractivity contribution is 0.615. The van der Waals surface area contributed by atoms with Crippen LogP contribution in [0.1, 0.15) is 147 Å². The molecule has 0 fully saturated rings. The molecule has 1 aromatic carbocycles. The summed E-state index contributed by atoms with van der Waals surface area (Å²) in [4.78, 5) is 0. The molecule has 0 aliphatic rings. The monoisotopic (exact) mass is 487 g/mol. The van der Waals surface area contributed by atoms with Crippen molar-refractivity contribution in [1.29, 1.82) is 0 Å². The molecule has 0 spiro atoms. The van der Waals surface area contributed by atoms with E-state index in [4.69, 9.17) is 0 Å². The summed E-state index contributed by atoms with van der Waals surface area (Å²) in [5, 5.41) is 0. The van der Waals surface area contributed by atoms with E-state index in [1.807, 2.05) is 0 Å². The van der Waals surface area contributed by atoms with Crippen molar-refractivity contribution in [2.75, 3.05) is 18.5 Å². The van der Waals surface area contributed by atoms with Gasteiger partial charge in [0.2, 0.25) is 0 Å². The smallest absolute Gasteiger partial charge is 0.0848 e. The lowest BCUT2D eigenvalue weighted by Gasteiger charge is -2.29. The summed E-state index contributed by atoms with van der Waals surface area (Å²) in [5.74, 6) is 0. The molecule has 0 bridgehead atoms. The third-order valence-electron chi connectivity index (χ3n) is 7.74. The van der Waals surface area contributed by atoms with E-state index in [0.717, 1.165) is 0 Å². The van der Waals surface area contributed by atoms with Gasteiger partial charge in [-0.1, -0.05) is 135 Å². The van der Waals surface area contributed by atoms with Crippen LogP contribution in [-0.2, 0) is 6.16 Å². The Hall–Kier alpha value is -0.610. The summed E-state index contributed by atoms with van der Waals surface area (Å²) < 4.78 is 0. The summed E-state index contributed by atoms with van der Waals surface area (Å²) in [5.41, 5.74) is 2.98. The van der Waals surface area contributed by atoms with Crippen LogP contribution in [0.2, 0.25) is 0 Å². The van der Waals surface area contributed by atoms with Crippen LogP contribution < -0.4 is 0 Å². The van der Waals surface area contributed by atoms with E-state index in [1.54, 1.807) is 5.56 Å². The molecule has 1 aromatic rings. The zero-order chi connectivity index (χ0) is 24.7. The maximum Gasteiger partial charge on any atom is 0.0848 e. The second-order valence-electron chi connectivity index (χ2n) is 10.9. The van der Waals surface area contributed by atoms with Crippen LogP contribution in [0.25, 0.3) is 6.08 Å². The fourth-order valence-electron chi connectivity index (χ4n) is 5.49. The minimum atomic E-state index is -0.973. The molecule has 0 aromatic heterocycles. The highest BCUT2D eigenvalue weighted by molar-refractivity contribution is 7.75. The molecular formula is C33H60P+. The first-order chi connectivity index (χ1) is 16.7. The van der Waals surface area contributed by atoms with E-state index in [-0.39, 0.29) is 0 Å². The van der Waals surface area contributed by atoms with Gasteiger partial charge in [0.1, 0.15) is 0 Å². The van der Waals surface area contributed by atoms with E-state index >= 15 is 0 Å². The Morgan fingerprint density at radius 3 is 1.35 bits per heavy atom. The minimum absolute atomic E-state index is 0.973. The Morgan fingerprint density at radius 2 is 0.941 bits per heavy atom. The first-order valence-corrected chi connectivity index (χ1v) is 17.8. The lowest BCUT2D eigenvalue weighted by Crippen LogP contribution is -2.13. The van der Waals surface area contributed by atoms with Crippen molar-refractivity contribution in [3.8, 4) is 0 Å². The molecule has 0 atom stereocenters. The number of hydrogen-bond donors (Lipinski definition) is 0. The Kier molecular flexibility index (Phi) is 20.0. The molecular weight excluding hydrogens is 427 g/mol. The highest BCUT2D eigenvalue weighted by atomic mass is 31.2. The van der Waals surface area contributed by atoms with Gasteiger partial charge < -0.3 is 0 Å². The van der Waals surface area contributed by atoms with Gasteiger partial charge >= 0.3 is 0 Å². The Labute approximate surface area is 216 Å². The fraction of sp³-hybridized carbons (Fsp3) is 0.758. The molecule has 0 unspecified atom stereocenters. The van der Waals surface area contributed by atoms with Gasteiger partial charge in [0.15, 0.2) is 0 Å². The topological polar surface area (TPSA) is 0 Å². The van der Waals surface area contributed by atoms with Gasteiger partial charge in [0.05, 0.1) is 24.6 Å². The van der Waals surface area contributed by atoms with Gasteiger partial charge in [-0.15, -0.1) is 0 Å². The zero-order valence-electron chi connectivity index (χ0n) is 23.6. The van der Waals surface area contributed by atoms with Crippen LogP contribution in [0.4, 0.5) is 0 Å². The van der Waals surface area contributed by atoms with E-state index in [0.29, 0.717) is 0 Å². The number of hydrogen-bond acceptors (Lipinski definition) is 0.